The molecule has 2 atom stereocenters. The summed E-state index contributed by atoms with van der Waals surface area (Å²) in [7, 11) is 0. The number of nitrogens with zero attached hydrogens (tertiary/aromatic N) is 3. The lowest BCUT2D eigenvalue weighted by Gasteiger charge is -2.31. The van der Waals surface area contributed by atoms with Crippen molar-refractivity contribution in [3.8, 4) is 0 Å². The molecule has 24 heavy (non-hydrogen) atoms. The van der Waals surface area contributed by atoms with E-state index in [9.17, 15) is 9.59 Å². The first-order valence-electron chi connectivity index (χ1n) is 8.30. The molecule has 122 valence electrons. The standard InChI is InChI=1S/C18H17N3O3/c22-15-11-14-18(21(15)9-10-24-18)6-8-20(14)17(23)13-5-1-3-12-4-2-7-19-16(12)13/h1-5,7,14H,6,8-11H2/t14-,18+/m1/s1. The molecule has 0 radical (unpaired) electrons. The molecule has 0 unspecified atom stereocenters. The largest absolute Gasteiger partial charge is 0.351 e. The van der Waals surface area contributed by atoms with E-state index in [4.69, 9.17) is 4.74 Å². The summed E-state index contributed by atoms with van der Waals surface area (Å²) in [4.78, 5) is 33.5. The zero-order valence-corrected chi connectivity index (χ0v) is 13.1. The second-order valence-electron chi connectivity index (χ2n) is 6.59. The van der Waals surface area contributed by atoms with E-state index in [0.29, 0.717) is 43.6 Å². The minimum Gasteiger partial charge on any atom is -0.351 e. The maximum Gasteiger partial charge on any atom is 0.256 e. The van der Waals surface area contributed by atoms with Gasteiger partial charge in [-0.15, -0.1) is 0 Å². The molecule has 4 heterocycles. The van der Waals surface area contributed by atoms with Crippen molar-refractivity contribution in [3.63, 3.8) is 0 Å². The molecule has 5 rings (SSSR count). The van der Waals surface area contributed by atoms with E-state index < -0.39 is 5.72 Å². The first-order chi connectivity index (χ1) is 11.7. The lowest BCUT2D eigenvalue weighted by Crippen LogP contribution is -2.48. The number of hydrogen-bond donors (Lipinski definition) is 0. The number of benzene rings is 1. The first kappa shape index (κ1) is 13.9. The molecular weight excluding hydrogens is 306 g/mol. The number of amides is 2. The summed E-state index contributed by atoms with van der Waals surface area (Å²) >= 11 is 0. The quantitative estimate of drug-likeness (QED) is 0.796. The van der Waals surface area contributed by atoms with Gasteiger partial charge in [-0.3, -0.25) is 14.6 Å². The smallest absolute Gasteiger partial charge is 0.256 e. The minimum absolute atomic E-state index is 0.0636. The maximum absolute atomic E-state index is 13.2. The Bertz CT molecular complexity index is 862. The molecule has 1 aromatic carbocycles. The Morgan fingerprint density at radius 2 is 2.12 bits per heavy atom. The monoisotopic (exact) mass is 323 g/mol. The van der Waals surface area contributed by atoms with Gasteiger partial charge in [0.1, 0.15) is 0 Å². The fourth-order valence-electron chi connectivity index (χ4n) is 4.47. The van der Waals surface area contributed by atoms with Crippen LogP contribution in [0.1, 0.15) is 23.2 Å². The normalized spacial score (nSPS) is 28.5. The third kappa shape index (κ3) is 1.66. The fourth-order valence-corrected chi connectivity index (χ4v) is 4.47. The number of hydrogen-bond acceptors (Lipinski definition) is 4. The topological polar surface area (TPSA) is 62.7 Å². The van der Waals surface area contributed by atoms with Crippen molar-refractivity contribution < 1.29 is 14.3 Å². The summed E-state index contributed by atoms with van der Waals surface area (Å²) in [6, 6.07) is 9.26. The Labute approximate surface area is 139 Å². The van der Waals surface area contributed by atoms with Crippen molar-refractivity contribution in [2.45, 2.75) is 24.6 Å². The Morgan fingerprint density at radius 3 is 3.04 bits per heavy atom. The number of ether oxygens (including phenoxy) is 1. The van der Waals surface area contributed by atoms with Gasteiger partial charge in [0.25, 0.3) is 5.91 Å². The second-order valence-corrected chi connectivity index (χ2v) is 6.59. The summed E-state index contributed by atoms with van der Waals surface area (Å²) in [5.41, 5.74) is 0.707. The van der Waals surface area contributed by atoms with E-state index in [0.717, 1.165) is 5.39 Å². The van der Waals surface area contributed by atoms with Crippen molar-refractivity contribution in [2.24, 2.45) is 0 Å². The Morgan fingerprint density at radius 1 is 1.25 bits per heavy atom. The van der Waals surface area contributed by atoms with Crippen LogP contribution >= 0.6 is 0 Å². The summed E-state index contributed by atoms with van der Waals surface area (Å²) in [6.45, 7) is 1.80. The highest BCUT2D eigenvalue weighted by molar-refractivity contribution is 6.06. The molecule has 3 aliphatic rings. The van der Waals surface area contributed by atoms with E-state index in [2.05, 4.69) is 4.98 Å². The SMILES string of the molecule is O=C(c1cccc2cccnc12)N1CC[C@@]23OCCN2C(=O)C[C@@H]13. The summed E-state index contributed by atoms with van der Waals surface area (Å²) < 4.78 is 5.96. The number of carbonyl (C=O) groups is 2. The van der Waals surface area contributed by atoms with Crippen molar-refractivity contribution in [2.75, 3.05) is 19.7 Å². The maximum atomic E-state index is 13.2. The number of aromatic nitrogens is 1. The van der Waals surface area contributed by atoms with Crippen LogP contribution in [0.15, 0.2) is 36.5 Å². The summed E-state index contributed by atoms with van der Waals surface area (Å²) in [6.07, 6.45) is 2.74. The minimum atomic E-state index is -0.593. The molecule has 1 aromatic heterocycles. The van der Waals surface area contributed by atoms with Gasteiger partial charge in [0.05, 0.1) is 30.1 Å². The first-order valence-corrected chi connectivity index (χ1v) is 8.30. The predicted octanol–water partition coefficient (Wildman–Crippen LogP) is 1.41. The summed E-state index contributed by atoms with van der Waals surface area (Å²) in [5, 5.41) is 0.943. The van der Waals surface area contributed by atoms with Crippen LogP contribution in [0.25, 0.3) is 10.9 Å². The average Bonchev–Trinajstić information content (AvgIpc) is 3.25. The number of rotatable bonds is 1. The summed E-state index contributed by atoms with van der Waals surface area (Å²) in [5.74, 6) is 0.0253. The third-order valence-corrected chi connectivity index (χ3v) is 5.52. The van der Waals surface area contributed by atoms with Crippen LogP contribution in [0.2, 0.25) is 0 Å². The number of fused-ring (bicyclic) bond motifs is 1. The molecular formula is C18H17N3O3. The van der Waals surface area contributed by atoms with Crippen LogP contribution in [0.4, 0.5) is 0 Å². The molecule has 6 heteroatoms. The van der Waals surface area contributed by atoms with E-state index >= 15 is 0 Å². The molecule has 0 bridgehead atoms. The number of likely N-dealkylation sites (tertiary alicyclic amines) is 1. The van der Waals surface area contributed by atoms with Crippen molar-refractivity contribution in [1.82, 2.24) is 14.8 Å². The zero-order valence-electron chi connectivity index (χ0n) is 13.1. The molecule has 3 saturated heterocycles. The second kappa shape index (κ2) is 4.77. The lowest BCUT2D eigenvalue weighted by molar-refractivity contribution is -0.136. The Kier molecular flexibility index (Phi) is 2.77. The van der Waals surface area contributed by atoms with Gasteiger partial charge in [0.2, 0.25) is 5.91 Å². The highest BCUT2D eigenvalue weighted by Crippen LogP contribution is 2.46. The van der Waals surface area contributed by atoms with Gasteiger partial charge in [-0.25, -0.2) is 0 Å². The van der Waals surface area contributed by atoms with Crippen LogP contribution in [-0.2, 0) is 9.53 Å². The van der Waals surface area contributed by atoms with Crippen LogP contribution in [-0.4, -0.2) is 58.1 Å². The van der Waals surface area contributed by atoms with Crippen molar-refractivity contribution in [3.05, 3.63) is 42.1 Å². The van der Waals surface area contributed by atoms with E-state index in [1.807, 2.05) is 40.1 Å². The molecule has 3 fully saturated rings. The van der Waals surface area contributed by atoms with Gasteiger partial charge in [-0.2, -0.15) is 0 Å². The van der Waals surface area contributed by atoms with Gasteiger partial charge >= 0.3 is 0 Å². The number of pyridine rings is 1. The third-order valence-electron chi connectivity index (χ3n) is 5.52. The molecule has 2 amide bonds. The van der Waals surface area contributed by atoms with Crippen molar-refractivity contribution in [1.29, 1.82) is 0 Å². The van der Waals surface area contributed by atoms with Gasteiger partial charge < -0.3 is 14.5 Å². The van der Waals surface area contributed by atoms with Crippen molar-refractivity contribution >= 4 is 22.7 Å². The molecule has 0 N–H and O–H groups in total. The van der Waals surface area contributed by atoms with Crippen LogP contribution in [0, 0.1) is 0 Å². The van der Waals surface area contributed by atoms with E-state index in [-0.39, 0.29) is 17.9 Å². The predicted molar refractivity (Wildman–Crippen MR) is 86.2 cm³/mol. The number of para-hydroxylation sites is 1. The molecule has 0 saturated carbocycles. The molecule has 3 aliphatic heterocycles. The van der Waals surface area contributed by atoms with Gasteiger partial charge in [-0.05, 0) is 12.1 Å². The van der Waals surface area contributed by atoms with Gasteiger partial charge in [-0.1, -0.05) is 18.2 Å². The zero-order chi connectivity index (χ0) is 16.3. The van der Waals surface area contributed by atoms with Gasteiger partial charge in [0, 0.05) is 31.1 Å². The van der Waals surface area contributed by atoms with Gasteiger partial charge in [0.15, 0.2) is 5.72 Å². The molecule has 6 nitrogen and oxygen atoms in total. The number of carbonyl (C=O) groups excluding carboxylic acids is 2. The average molecular weight is 323 g/mol. The highest BCUT2D eigenvalue weighted by atomic mass is 16.5. The van der Waals surface area contributed by atoms with Crippen LogP contribution in [0.3, 0.4) is 0 Å². The van der Waals surface area contributed by atoms with Crippen LogP contribution < -0.4 is 0 Å². The molecule has 0 aliphatic carbocycles. The van der Waals surface area contributed by atoms with Crippen LogP contribution in [0.5, 0.6) is 0 Å². The Balaban J connectivity index is 1.55. The fraction of sp³-hybridized carbons (Fsp3) is 0.389. The lowest BCUT2D eigenvalue weighted by atomic mass is 10.0. The van der Waals surface area contributed by atoms with E-state index in [1.165, 1.54) is 0 Å². The highest BCUT2D eigenvalue weighted by Gasteiger charge is 2.62. The molecule has 1 spiro atoms. The van der Waals surface area contributed by atoms with E-state index in [1.54, 1.807) is 6.20 Å². The Hall–Kier alpha value is -2.47. The molecule has 2 aromatic rings.